The van der Waals surface area contributed by atoms with Crippen molar-refractivity contribution < 1.29 is 9.32 Å². The van der Waals surface area contributed by atoms with Gasteiger partial charge in [-0.1, -0.05) is 30.1 Å². The molecular formula is C18H25N5O2. The van der Waals surface area contributed by atoms with Gasteiger partial charge in [-0.2, -0.15) is 4.98 Å². The second kappa shape index (κ2) is 7.23. The minimum atomic E-state index is -0.449. The number of amides is 2. The van der Waals surface area contributed by atoms with Crippen molar-refractivity contribution in [3.05, 3.63) is 35.7 Å². The Morgan fingerprint density at radius 3 is 2.60 bits per heavy atom. The molecule has 0 saturated heterocycles. The van der Waals surface area contributed by atoms with Crippen LogP contribution in [0.5, 0.6) is 0 Å². The fourth-order valence-electron chi connectivity index (χ4n) is 3.03. The molecule has 0 atom stereocenters. The van der Waals surface area contributed by atoms with Gasteiger partial charge >= 0.3 is 6.03 Å². The molecule has 0 aliphatic heterocycles. The van der Waals surface area contributed by atoms with E-state index in [1.807, 2.05) is 38.1 Å². The third kappa shape index (κ3) is 4.17. The van der Waals surface area contributed by atoms with Crippen molar-refractivity contribution in [3.63, 3.8) is 0 Å². The van der Waals surface area contributed by atoms with E-state index in [1.54, 1.807) is 0 Å². The predicted octanol–water partition coefficient (Wildman–Crippen LogP) is 2.67. The molecule has 7 nitrogen and oxygen atoms in total. The summed E-state index contributed by atoms with van der Waals surface area (Å²) in [6.07, 6.45) is 4.00. The molecule has 1 aliphatic carbocycles. The van der Waals surface area contributed by atoms with Gasteiger partial charge in [-0.25, -0.2) is 4.79 Å². The van der Waals surface area contributed by atoms with Gasteiger partial charge in [-0.3, -0.25) is 0 Å². The molecule has 134 valence electrons. The number of urea groups is 1. The van der Waals surface area contributed by atoms with Crippen molar-refractivity contribution in [1.29, 1.82) is 0 Å². The van der Waals surface area contributed by atoms with Crippen LogP contribution in [0.1, 0.15) is 50.9 Å². The standard InChI is InChI=1S/C18H25N5O2/c1-12(2)21-17(24)20-11-13-5-7-14(8-6-13)15-22-16(23-25-15)18(19)9-3-4-10-18/h5-8,12H,3-4,9-11,19H2,1-2H3,(H2,20,21,24). The molecule has 1 aromatic heterocycles. The highest BCUT2D eigenvalue weighted by molar-refractivity contribution is 5.74. The first-order chi connectivity index (χ1) is 12.0. The lowest BCUT2D eigenvalue weighted by atomic mass is 9.99. The maximum Gasteiger partial charge on any atom is 0.315 e. The number of nitrogens with one attached hydrogen (secondary N) is 2. The van der Waals surface area contributed by atoms with E-state index < -0.39 is 5.54 Å². The monoisotopic (exact) mass is 343 g/mol. The van der Waals surface area contributed by atoms with Crippen LogP contribution in [0.3, 0.4) is 0 Å². The van der Waals surface area contributed by atoms with Crippen molar-refractivity contribution in [2.45, 2.75) is 57.7 Å². The maximum atomic E-state index is 11.6. The topological polar surface area (TPSA) is 106 Å². The Morgan fingerprint density at radius 2 is 1.96 bits per heavy atom. The van der Waals surface area contributed by atoms with Gasteiger partial charge in [-0.05, 0) is 44.4 Å². The second-order valence-corrected chi connectivity index (χ2v) is 6.97. The van der Waals surface area contributed by atoms with E-state index in [4.69, 9.17) is 10.3 Å². The largest absolute Gasteiger partial charge is 0.336 e. The van der Waals surface area contributed by atoms with Crippen LogP contribution in [-0.4, -0.2) is 22.2 Å². The summed E-state index contributed by atoms with van der Waals surface area (Å²) in [5.74, 6) is 1.07. The third-order valence-electron chi connectivity index (χ3n) is 4.44. The third-order valence-corrected chi connectivity index (χ3v) is 4.44. The van der Waals surface area contributed by atoms with Gasteiger partial charge in [0.05, 0.1) is 5.54 Å². The minimum Gasteiger partial charge on any atom is -0.336 e. The zero-order valence-corrected chi connectivity index (χ0v) is 14.7. The summed E-state index contributed by atoms with van der Waals surface area (Å²) in [7, 11) is 0. The molecule has 0 radical (unpaired) electrons. The van der Waals surface area contributed by atoms with Gasteiger partial charge in [0, 0.05) is 18.2 Å². The molecular weight excluding hydrogens is 318 g/mol. The molecule has 0 bridgehead atoms. The molecule has 1 fully saturated rings. The lowest BCUT2D eigenvalue weighted by Crippen LogP contribution is -2.39. The number of hydrogen-bond donors (Lipinski definition) is 3. The van der Waals surface area contributed by atoms with Crippen LogP contribution in [-0.2, 0) is 12.1 Å². The van der Waals surface area contributed by atoms with Crippen molar-refractivity contribution in [3.8, 4) is 11.5 Å². The zero-order valence-electron chi connectivity index (χ0n) is 14.7. The van der Waals surface area contributed by atoms with E-state index >= 15 is 0 Å². The summed E-state index contributed by atoms with van der Waals surface area (Å²) >= 11 is 0. The Hall–Kier alpha value is -2.41. The highest BCUT2D eigenvalue weighted by Crippen LogP contribution is 2.35. The van der Waals surface area contributed by atoms with Gasteiger partial charge in [0.25, 0.3) is 5.89 Å². The Balaban J connectivity index is 1.63. The lowest BCUT2D eigenvalue weighted by molar-refractivity contribution is 0.238. The first-order valence-corrected chi connectivity index (χ1v) is 8.73. The molecule has 25 heavy (non-hydrogen) atoms. The first kappa shape index (κ1) is 17.4. The van der Waals surface area contributed by atoms with Gasteiger partial charge in [0.2, 0.25) is 0 Å². The molecule has 1 aromatic carbocycles. The lowest BCUT2D eigenvalue weighted by Gasteiger charge is -2.17. The van der Waals surface area contributed by atoms with Crippen LogP contribution in [0, 0.1) is 0 Å². The molecule has 1 aliphatic rings. The van der Waals surface area contributed by atoms with Crippen LogP contribution in [0.25, 0.3) is 11.5 Å². The average molecular weight is 343 g/mol. The first-order valence-electron chi connectivity index (χ1n) is 8.73. The number of carbonyl (C=O) groups is 1. The van der Waals surface area contributed by atoms with Crippen LogP contribution >= 0.6 is 0 Å². The molecule has 1 heterocycles. The van der Waals surface area contributed by atoms with Gasteiger partial charge in [-0.15, -0.1) is 0 Å². The Labute approximate surface area is 147 Å². The number of nitrogens with two attached hydrogens (primary N) is 1. The molecule has 7 heteroatoms. The van der Waals surface area contributed by atoms with Gasteiger partial charge < -0.3 is 20.9 Å². The molecule has 2 amide bonds. The van der Waals surface area contributed by atoms with Crippen molar-refractivity contribution in [2.75, 3.05) is 0 Å². The molecule has 1 saturated carbocycles. The SMILES string of the molecule is CC(C)NC(=O)NCc1ccc(-c2nc(C3(N)CCCC3)no2)cc1. The van der Waals surface area contributed by atoms with E-state index in [1.165, 1.54) is 0 Å². The molecule has 0 unspecified atom stereocenters. The van der Waals surface area contributed by atoms with E-state index in [0.29, 0.717) is 18.3 Å². The van der Waals surface area contributed by atoms with E-state index in [9.17, 15) is 4.79 Å². The summed E-state index contributed by atoms with van der Waals surface area (Å²) in [6, 6.07) is 7.62. The minimum absolute atomic E-state index is 0.111. The van der Waals surface area contributed by atoms with E-state index in [0.717, 1.165) is 36.8 Å². The predicted molar refractivity (Wildman–Crippen MR) is 94.6 cm³/mol. The maximum absolute atomic E-state index is 11.6. The van der Waals surface area contributed by atoms with Crippen LogP contribution in [0.15, 0.2) is 28.8 Å². The summed E-state index contributed by atoms with van der Waals surface area (Å²) in [5.41, 5.74) is 7.76. The Bertz CT molecular complexity index is 717. The fourth-order valence-corrected chi connectivity index (χ4v) is 3.03. The normalized spacial score (nSPS) is 16.2. The fraction of sp³-hybridized carbons (Fsp3) is 0.500. The Morgan fingerprint density at radius 1 is 1.28 bits per heavy atom. The van der Waals surface area contributed by atoms with Crippen LogP contribution in [0.2, 0.25) is 0 Å². The van der Waals surface area contributed by atoms with E-state index in [2.05, 4.69) is 20.8 Å². The Kier molecular flexibility index (Phi) is 5.03. The summed E-state index contributed by atoms with van der Waals surface area (Å²) in [4.78, 5) is 16.1. The molecule has 3 rings (SSSR count). The number of rotatable bonds is 5. The molecule has 2 aromatic rings. The number of benzene rings is 1. The smallest absolute Gasteiger partial charge is 0.315 e. The number of aromatic nitrogens is 2. The highest BCUT2D eigenvalue weighted by Gasteiger charge is 2.36. The molecule has 4 N–H and O–H groups in total. The van der Waals surface area contributed by atoms with Crippen molar-refractivity contribution in [2.24, 2.45) is 5.73 Å². The van der Waals surface area contributed by atoms with Gasteiger partial charge in [0.1, 0.15) is 0 Å². The number of nitrogens with zero attached hydrogens (tertiary/aromatic N) is 2. The summed E-state index contributed by atoms with van der Waals surface area (Å²) < 4.78 is 5.39. The average Bonchev–Trinajstić information content (AvgIpc) is 3.23. The van der Waals surface area contributed by atoms with Crippen LogP contribution in [0.4, 0.5) is 4.79 Å². The van der Waals surface area contributed by atoms with Crippen LogP contribution < -0.4 is 16.4 Å². The van der Waals surface area contributed by atoms with Crippen molar-refractivity contribution >= 4 is 6.03 Å². The highest BCUT2D eigenvalue weighted by atomic mass is 16.5. The van der Waals surface area contributed by atoms with Crippen molar-refractivity contribution in [1.82, 2.24) is 20.8 Å². The summed E-state index contributed by atoms with van der Waals surface area (Å²) in [5, 5.41) is 9.69. The number of carbonyl (C=O) groups excluding carboxylic acids is 1. The number of hydrogen-bond acceptors (Lipinski definition) is 5. The summed E-state index contributed by atoms with van der Waals surface area (Å²) in [6.45, 7) is 4.30. The quantitative estimate of drug-likeness (QED) is 0.774. The van der Waals surface area contributed by atoms with Gasteiger partial charge in [0.15, 0.2) is 5.82 Å². The zero-order chi connectivity index (χ0) is 17.9. The second-order valence-electron chi connectivity index (χ2n) is 6.97. The van der Waals surface area contributed by atoms with E-state index in [-0.39, 0.29) is 12.1 Å². The molecule has 0 spiro atoms.